The molecule has 0 atom stereocenters. The molecule has 0 bridgehead atoms. The van der Waals surface area contributed by atoms with Crippen LogP contribution in [0.25, 0.3) is 21.3 Å². The third kappa shape index (κ3) is 3.53. The number of ether oxygens (including phenoxy) is 1. The molecule has 0 fully saturated rings. The molecule has 3 heterocycles. The fraction of sp³-hybridized carbons (Fsp3) is 0.150. The molecule has 1 aromatic carbocycles. The van der Waals surface area contributed by atoms with Crippen molar-refractivity contribution in [1.29, 1.82) is 5.26 Å². The fourth-order valence-corrected chi connectivity index (χ4v) is 3.86. The Balaban J connectivity index is 1.73. The van der Waals surface area contributed by atoms with E-state index in [1.165, 1.54) is 22.0 Å². The van der Waals surface area contributed by atoms with Gasteiger partial charge in [0.15, 0.2) is 5.82 Å². The molecule has 3 aromatic heterocycles. The minimum atomic E-state index is -0.723. The van der Waals surface area contributed by atoms with Gasteiger partial charge in [0.1, 0.15) is 18.0 Å². The van der Waals surface area contributed by atoms with Gasteiger partial charge in [-0.15, -0.1) is 11.3 Å². The number of thiophene rings is 1. The molecule has 0 unspecified atom stereocenters. The summed E-state index contributed by atoms with van der Waals surface area (Å²) >= 11 is 1.32. The van der Waals surface area contributed by atoms with Crippen LogP contribution in [0.2, 0.25) is 0 Å². The topological polar surface area (TPSA) is 111 Å². The van der Waals surface area contributed by atoms with Crippen LogP contribution < -0.4 is 5.56 Å². The summed E-state index contributed by atoms with van der Waals surface area (Å²) in [5.74, 6) is -0.574. The first-order chi connectivity index (χ1) is 14.1. The summed E-state index contributed by atoms with van der Waals surface area (Å²) in [5, 5.41) is 15.1. The number of hydrogen-bond acceptors (Lipinski definition) is 8. The van der Waals surface area contributed by atoms with Gasteiger partial charge < -0.3 is 9.26 Å². The average Bonchev–Trinajstić information content (AvgIpc) is 3.36. The largest absolute Gasteiger partial charge is 0.452 e. The van der Waals surface area contributed by atoms with Crippen molar-refractivity contribution in [3.05, 3.63) is 69.4 Å². The molecule has 29 heavy (non-hydrogen) atoms. The molecular weight excluding hydrogens is 392 g/mol. The van der Waals surface area contributed by atoms with E-state index in [9.17, 15) is 9.59 Å². The second-order valence-electron chi connectivity index (χ2n) is 6.18. The van der Waals surface area contributed by atoms with Gasteiger partial charge in [0.25, 0.3) is 5.56 Å². The van der Waals surface area contributed by atoms with Crippen LogP contribution in [0.1, 0.15) is 22.1 Å². The lowest BCUT2D eigenvalue weighted by Gasteiger charge is -2.10. The first-order valence-corrected chi connectivity index (χ1v) is 9.50. The first kappa shape index (κ1) is 18.6. The minimum Gasteiger partial charge on any atom is -0.452 e. The summed E-state index contributed by atoms with van der Waals surface area (Å²) < 4.78 is 11.3. The Morgan fingerprint density at radius 2 is 2.14 bits per heavy atom. The molecule has 0 aliphatic rings. The number of nitrogens with zero attached hydrogens (tertiary/aromatic N) is 4. The predicted molar refractivity (Wildman–Crippen MR) is 105 cm³/mol. The molecular formula is C20H14N4O4S. The molecule has 144 valence electrons. The van der Waals surface area contributed by atoms with Crippen LogP contribution in [0.3, 0.4) is 0 Å². The van der Waals surface area contributed by atoms with Crippen molar-refractivity contribution in [3.8, 4) is 17.2 Å². The van der Waals surface area contributed by atoms with E-state index in [4.69, 9.17) is 14.5 Å². The maximum atomic E-state index is 13.1. The van der Waals surface area contributed by atoms with E-state index >= 15 is 0 Å². The van der Waals surface area contributed by atoms with Gasteiger partial charge in [-0.1, -0.05) is 35.5 Å². The molecule has 0 spiro atoms. The quantitative estimate of drug-likeness (QED) is 0.468. The van der Waals surface area contributed by atoms with E-state index in [-0.39, 0.29) is 30.3 Å². The molecule has 0 aliphatic heterocycles. The molecule has 9 heteroatoms. The van der Waals surface area contributed by atoms with Crippen molar-refractivity contribution in [3.63, 3.8) is 0 Å². The highest BCUT2D eigenvalue weighted by Crippen LogP contribution is 2.30. The third-order valence-corrected chi connectivity index (χ3v) is 5.12. The zero-order chi connectivity index (χ0) is 20.4. The summed E-state index contributed by atoms with van der Waals surface area (Å²) in [4.78, 5) is 30.2. The van der Waals surface area contributed by atoms with Crippen LogP contribution in [0.15, 0.2) is 51.1 Å². The lowest BCUT2D eigenvalue weighted by Crippen LogP contribution is -2.26. The maximum Gasteiger partial charge on any atom is 0.377 e. The predicted octanol–water partition coefficient (Wildman–Crippen LogP) is 3.30. The van der Waals surface area contributed by atoms with Crippen LogP contribution in [-0.4, -0.2) is 20.7 Å². The Morgan fingerprint density at radius 3 is 2.83 bits per heavy atom. The molecule has 4 rings (SSSR count). The van der Waals surface area contributed by atoms with Gasteiger partial charge in [0, 0.05) is 17.0 Å². The number of fused-ring (bicyclic) bond motifs is 1. The Hall–Kier alpha value is -3.77. The lowest BCUT2D eigenvalue weighted by molar-refractivity contribution is 0.0410. The van der Waals surface area contributed by atoms with Crippen LogP contribution in [-0.2, 0) is 17.9 Å². The Kier molecular flexibility index (Phi) is 4.93. The first-order valence-electron chi connectivity index (χ1n) is 8.62. The second-order valence-corrected chi connectivity index (χ2v) is 7.04. The molecule has 0 radical (unpaired) electrons. The molecule has 0 aliphatic carbocycles. The SMILES string of the molecule is Cc1cc(C(=O)OCc2nc3scc(-c4ccccc4)c3c(=O)n2CC#N)on1. The van der Waals surface area contributed by atoms with E-state index < -0.39 is 5.97 Å². The normalized spacial score (nSPS) is 10.8. The third-order valence-electron chi connectivity index (χ3n) is 4.25. The highest BCUT2D eigenvalue weighted by Gasteiger charge is 2.19. The van der Waals surface area contributed by atoms with E-state index in [0.717, 1.165) is 11.1 Å². The molecule has 0 saturated heterocycles. The van der Waals surface area contributed by atoms with Crippen LogP contribution in [0, 0.1) is 18.3 Å². The molecule has 0 saturated carbocycles. The number of carbonyl (C=O) groups is 1. The number of carbonyl (C=O) groups excluding carboxylic acids is 1. The van der Waals surface area contributed by atoms with Crippen molar-refractivity contribution >= 4 is 27.5 Å². The highest BCUT2D eigenvalue weighted by atomic mass is 32.1. The smallest absolute Gasteiger partial charge is 0.377 e. The summed E-state index contributed by atoms with van der Waals surface area (Å²) in [6.45, 7) is 1.20. The van der Waals surface area contributed by atoms with Crippen molar-refractivity contribution < 1.29 is 14.1 Å². The van der Waals surface area contributed by atoms with Gasteiger partial charge in [0.05, 0.1) is 17.1 Å². The summed E-state index contributed by atoms with van der Waals surface area (Å²) in [5.41, 5.74) is 1.85. The zero-order valence-corrected chi connectivity index (χ0v) is 16.1. The van der Waals surface area contributed by atoms with Gasteiger partial charge in [-0.25, -0.2) is 9.78 Å². The van der Waals surface area contributed by atoms with E-state index in [1.807, 2.05) is 41.8 Å². The summed E-state index contributed by atoms with van der Waals surface area (Å²) in [7, 11) is 0. The van der Waals surface area contributed by atoms with Crippen molar-refractivity contribution in [2.24, 2.45) is 0 Å². The number of aromatic nitrogens is 3. The number of hydrogen-bond donors (Lipinski definition) is 0. The summed E-state index contributed by atoms with van der Waals surface area (Å²) in [6, 6.07) is 12.9. The number of aryl methyl sites for hydroxylation is 1. The van der Waals surface area contributed by atoms with E-state index in [0.29, 0.717) is 15.9 Å². The molecule has 8 nitrogen and oxygen atoms in total. The van der Waals surface area contributed by atoms with Crippen molar-refractivity contribution in [2.45, 2.75) is 20.1 Å². The average molecular weight is 406 g/mol. The monoisotopic (exact) mass is 406 g/mol. The van der Waals surface area contributed by atoms with Gasteiger partial charge in [-0.2, -0.15) is 5.26 Å². The number of rotatable bonds is 5. The lowest BCUT2D eigenvalue weighted by atomic mass is 10.1. The minimum absolute atomic E-state index is 0.0414. The number of esters is 1. The fourth-order valence-electron chi connectivity index (χ4n) is 2.90. The zero-order valence-electron chi connectivity index (χ0n) is 15.3. The Bertz CT molecular complexity index is 1300. The standard InChI is InChI=1S/C20H14N4O4S/c1-12-9-15(28-23-12)20(26)27-10-16-22-18-17(19(25)24(16)8-7-21)14(11-29-18)13-5-3-2-4-6-13/h2-6,9,11H,8,10H2,1H3. The number of nitriles is 1. The molecule has 0 N–H and O–H groups in total. The highest BCUT2D eigenvalue weighted by molar-refractivity contribution is 7.17. The Labute approximate surface area is 168 Å². The van der Waals surface area contributed by atoms with Crippen LogP contribution in [0.5, 0.6) is 0 Å². The second kappa shape index (κ2) is 7.69. The van der Waals surface area contributed by atoms with E-state index in [2.05, 4.69) is 10.1 Å². The van der Waals surface area contributed by atoms with Crippen LogP contribution in [0.4, 0.5) is 0 Å². The van der Waals surface area contributed by atoms with Gasteiger partial charge in [0.2, 0.25) is 5.76 Å². The van der Waals surface area contributed by atoms with Gasteiger partial charge in [-0.3, -0.25) is 9.36 Å². The van der Waals surface area contributed by atoms with Gasteiger partial charge >= 0.3 is 5.97 Å². The van der Waals surface area contributed by atoms with Gasteiger partial charge in [-0.05, 0) is 12.5 Å². The maximum absolute atomic E-state index is 13.1. The number of benzene rings is 1. The Morgan fingerprint density at radius 1 is 1.34 bits per heavy atom. The molecule has 0 amide bonds. The van der Waals surface area contributed by atoms with E-state index in [1.54, 1.807) is 6.92 Å². The molecule has 4 aromatic rings. The van der Waals surface area contributed by atoms with Crippen LogP contribution >= 0.6 is 11.3 Å². The van der Waals surface area contributed by atoms with Crippen molar-refractivity contribution in [2.75, 3.05) is 0 Å². The summed E-state index contributed by atoms with van der Waals surface area (Å²) in [6.07, 6.45) is 0. The van der Waals surface area contributed by atoms with Crippen molar-refractivity contribution in [1.82, 2.24) is 14.7 Å².